The number of aryl methyl sites for hydroxylation is 1. The molecule has 8 nitrogen and oxygen atoms in total. The third-order valence-electron chi connectivity index (χ3n) is 5.67. The molecule has 0 saturated carbocycles. The summed E-state index contributed by atoms with van der Waals surface area (Å²) in [6, 6.07) is 12.3. The lowest BCUT2D eigenvalue weighted by Crippen LogP contribution is -2.51. The number of benzene rings is 1. The molecule has 34 heavy (non-hydrogen) atoms. The number of likely N-dealkylation sites (tertiary alicyclic amines) is 1. The molecule has 4 heterocycles. The number of aromatic nitrogens is 4. The zero-order chi connectivity index (χ0) is 23.7. The van der Waals surface area contributed by atoms with Crippen LogP contribution in [-0.4, -0.2) is 48.5 Å². The zero-order valence-electron chi connectivity index (χ0n) is 18.6. The smallest absolute Gasteiger partial charge is 0.246 e. The van der Waals surface area contributed by atoms with Gasteiger partial charge in [-0.15, -0.1) is 11.8 Å². The van der Waals surface area contributed by atoms with Gasteiger partial charge in [-0.3, -0.25) is 9.48 Å². The first-order valence-electron chi connectivity index (χ1n) is 10.7. The lowest BCUT2D eigenvalue weighted by molar-refractivity contribution is -0.128. The second-order valence-electron chi connectivity index (χ2n) is 8.08. The van der Waals surface area contributed by atoms with Crippen molar-refractivity contribution in [3.63, 3.8) is 0 Å². The molecule has 1 aliphatic heterocycles. The molecule has 1 aromatic carbocycles. The third kappa shape index (κ3) is 4.28. The van der Waals surface area contributed by atoms with Crippen LogP contribution in [0.2, 0.25) is 0 Å². The van der Waals surface area contributed by atoms with E-state index in [9.17, 15) is 10.1 Å². The first-order chi connectivity index (χ1) is 16.5. The summed E-state index contributed by atoms with van der Waals surface area (Å²) in [6.45, 7) is 5.35. The van der Waals surface area contributed by atoms with Crippen molar-refractivity contribution in [2.45, 2.75) is 16.8 Å². The van der Waals surface area contributed by atoms with E-state index in [1.165, 1.54) is 6.08 Å². The van der Waals surface area contributed by atoms with E-state index >= 15 is 0 Å². The first kappa shape index (κ1) is 21.8. The lowest BCUT2D eigenvalue weighted by Gasteiger charge is -2.38. The van der Waals surface area contributed by atoms with E-state index in [-0.39, 0.29) is 5.91 Å². The number of nitriles is 1. The van der Waals surface area contributed by atoms with Gasteiger partial charge in [0, 0.05) is 53.8 Å². The predicted molar refractivity (Wildman–Crippen MR) is 129 cm³/mol. The monoisotopic (exact) mass is 470 g/mol. The quantitative estimate of drug-likeness (QED) is 0.383. The SMILES string of the molecule is C=CC(=O)N1CC(Sc2cccc(COc3cc(-c4cnn(C)c4)cn4ncc(C#N)c34)c2)C1. The number of carbonyl (C=O) groups is 1. The zero-order valence-corrected chi connectivity index (χ0v) is 19.4. The number of rotatable bonds is 7. The van der Waals surface area contributed by atoms with Gasteiger partial charge in [0.15, 0.2) is 0 Å². The van der Waals surface area contributed by atoms with Crippen LogP contribution in [0.15, 0.2) is 72.7 Å². The van der Waals surface area contributed by atoms with Crippen molar-refractivity contribution in [3.8, 4) is 22.9 Å². The summed E-state index contributed by atoms with van der Waals surface area (Å²) in [4.78, 5) is 14.6. The Morgan fingerprint density at radius 1 is 1.26 bits per heavy atom. The molecule has 0 N–H and O–H groups in total. The second-order valence-corrected chi connectivity index (χ2v) is 9.46. The number of carbonyl (C=O) groups excluding carboxylic acids is 1. The van der Waals surface area contributed by atoms with Gasteiger partial charge in [-0.05, 0) is 29.8 Å². The van der Waals surface area contributed by atoms with Crippen LogP contribution in [0.1, 0.15) is 11.1 Å². The number of nitrogens with zero attached hydrogens (tertiary/aromatic N) is 6. The Hall–Kier alpha value is -4.03. The van der Waals surface area contributed by atoms with Gasteiger partial charge in [0.05, 0.1) is 12.4 Å². The fourth-order valence-electron chi connectivity index (χ4n) is 3.89. The van der Waals surface area contributed by atoms with Crippen molar-refractivity contribution in [2.75, 3.05) is 13.1 Å². The van der Waals surface area contributed by atoms with Crippen molar-refractivity contribution in [1.29, 1.82) is 5.26 Å². The van der Waals surface area contributed by atoms with Crippen molar-refractivity contribution in [1.82, 2.24) is 24.3 Å². The summed E-state index contributed by atoms with van der Waals surface area (Å²) >= 11 is 1.76. The minimum atomic E-state index is -0.0181. The van der Waals surface area contributed by atoms with Gasteiger partial charge in [0.25, 0.3) is 0 Å². The van der Waals surface area contributed by atoms with Gasteiger partial charge in [0.2, 0.25) is 5.91 Å². The first-order valence-corrected chi connectivity index (χ1v) is 11.6. The number of thioether (sulfide) groups is 1. The van der Waals surface area contributed by atoms with Gasteiger partial charge in [-0.2, -0.15) is 15.5 Å². The summed E-state index contributed by atoms with van der Waals surface area (Å²) in [5.41, 5.74) is 3.95. The van der Waals surface area contributed by atoms with E-state index < -0.39 is 0 Å². The summed E-state index contributed by atoms with van der Waals surface area (Å²) in [7, 11) is 1.87. The molecule has 4 aromatic rings. The predicted octanol–water partition coefficient (Wildman–Crippen LogP) is 3.67. The number of hydrogen-bond acceptors (Lipinski definition) is 6. The maximum absolute atomic E-state index is 11.7. The Bertz CT molecular complexity index is 1430. The normalized spacial score (nSPS) is 13.5. The van der Waals surface area contributed by atoms with E-state index in [0.29, 0.717) is 28.7 Å². The lowest BCUT2D eigenvalue weighted by atomic mass is 10.1. The number of fused-ring (bicyclic) bond motifs is 1. The van der Waals surface area contributed by atoms with Gasteiger partial charge in [-0.1, -0.05) is 18.7 Å². The van der Waals surface area contributed by atoms with Crippen LogP contribution in [-0.2, 0) is 18.4 Å². The molecule has 0 radical (unpaired) electrons. The molecule has 3 aromatic heterocycles. The highest BCUT2D eigenvalue weighted by Gasteiger charge is 2.29. The van der Waals surface area contributed by atoms with Crippen LogP contribution in [0.5, 0.6) is 5.75 Å². The molecule has 5 rings (SSSR count). The molecular formula is C25H22N6O2S. The minimum absolute atomic E-state index is 0.0181. The highest BCUT2D eigenvalue weighted by atomic mass is 32.2. The third-order valence-corrected chi connectivity index (χ3v) is 6.82. The maximum Gasteiger partial charge on any atom is 0.246 e. The largest absolute Gasteiger partial charge is 0.487 e. The maximum atomic E-state index is 11.7. The number of hydrogen-bond donors (Lipinski definition) is 0. The minimum Gasteiger partial charge on any atom is -0.487 e. The van der Waals surface area contributed by atoms with E-state index in [0.717, 1.165) is 34.7 Å². The topological polar surface area (TPSA) is 88.5 Å². The van der Waals surface area contributed by atoms with E-state index in [2.05, 4.69) is 35.0 Å². The molecule has 9 heteroatoms. The van der Waals surface area contributed by atoms with E-state index in [1.54, 1.807) is 38.3 Å². The van der Waals surface area contributed by atoms with Gasteiger partial charge in [0.1, 0.15) is 29.5 Å². The standard InChI is InChI=1S/C25H22N6O2S/c1-3-24(32)30-14-22(15-30)34-21-6-4-5-17(7-21)16-33-23-8-18(20-11-27-29(2)12-20)13-31-25(23)19(9-26)10-28-31/h3-8,10-13,22H,1,14-16H2,2H3. The Labute approximate surface area is 201 Å². The molecule has 170 valence electrons. The van der Waals surface area contributed by atoms with Crippen LogP contribution in [0.4, 0.5) is 0 Å². The molecule has 0 spiro atoms. The van der Waals surface area contributed by atoms with Crippen molar-refractivity contribution >= 4 is 23.2 Å². The molecule has 0 bridgehead atoms. The molecule has 0 unspecified atom stereocenters. The Morgan fingerprint density at radius 2 is 2.12 bits per heavy atom. The summed E-state index contributed by atoms with van der Waals surface area (Å²) < 4.78 is 9.64. The van der Waals surface area contributed by atoms with Crippen molar-refractivity contribution in [3.05, 3.63) is 78.9 Å². The second kappa shape index (κ2) is 9.08. The number of amides is 1. The van der Waals surface area contributed by atoms with Crippen molar-refractivity contribution < 1.29 is 9.53 Å². The van der Waals surface area contributed by atoms with E-state index in [4.69, 9.17) is 4.74 Å². The summed E-state index contributed by atoms with van der Waals surface area (Å²) in [5.74, 6) is 0.571. The fraction of sp³-hybridized carbons (Fsp3) is 0.200. The Balaban J connectivity index is 1.34. The van der Waals surface area contributed by atoms with Crippen LogP contribution in [0, 0.1) is 11.3 Å². The number of ether oxygens (including phenoxy) is 1. The fourth-order valence-corrected chi connectivity index (χ4v) is 5.16. The molecular weight excluding hydrogens is 448 g/mol. The van der Waals surface area contributed by atoms with Crippen LogP contribution >= 0.6 is 11.8 Å². The Kier molecular flexibility index (Phi) is 5.82. The average Bonchev–Trinajstić information content (AvgIpc) is 3.45. The Morgan fingerprint density at radius 3 is 2.85 bits per heavy atom. The van der Waals surface area contributed by atoms with E-state index in [1.807, 2.05) is 37.6 Å². The molecule has 1 aliphatic rings. The highest BCUT2D eigenvalue weighted by molar-refractivity contribution is 8.00. The van der Waals surface area contributed by atoms with Gasteiger partial charge in [-0.25, -0.2) is 4.52 Å². The highest BCUT2D eigenvalue weighted by Crippen LogP contribution is 2.32. The van der Waals surface area contributed by atoms with Crippen molar-refractivity contribution in [2.24, 2.45) is 7.05 Å². The van der Waals surface area contributed by atoms with Crippen LogP contribution in [0.25, 0.3) is 16.6 Å². The summed E-state index contributed by atoms with van der Waals surface area (Å²) in [5, 5.41) is 18.5. The average molecular weight is 471 g/mol. The molecule has 1 amide bonds. The van der Waals surface area contributed by atoms with Gasteiger partial charge < -0.3 is 9.64 Å². The van der Waals surface area contributed by atoms with Crippen LogP contribution < -0.4 is 4.74 Å². The summed E-state index contributed by atoms with van der Waals surface area (Å²) in [6.07, 6.45) is 8.48. The number of pyridine rings is 1. The molecule has 1 saturated heterocycles. The van der Waals surface area contributed by atoms with Crippen LogP contribution in [0.3, 0.4) is 0 Å². The molecule has 1 fully saturated rings. The molecule has 0 atom stereocenters. The molecule has 0 aliphatic carbocycles. The van der Waals surface area contributed by atoms with Gasteiger partial charge >= 0.3 is 0 Å².